The van der Waals surface area contributed by atoms with E-state index in [0.717, 1.165) is 4.90 Å². The Bertz CT molecular complexity index is 310. The number of hydrogen-bond donors (Lipinski definition) is 1. The number of ether oxygens (including phenoxy) is 1. The molecule has 0 aromatic heterocycles. The Hall–Kier alpha value is -0.800. The summed E-state index contributed by atoms with van der Waals surface area (Å²) in [5, 5.41) is 0. The van der Waals surface area contributed by atoms with Crippen molar-refractivity contribution in [1.82, 2.24) is 0 Å². The van der Waals surface area contributed by atoms with E-state index in [0.29, 0.717) is 25.2 Å². The molecule has 0 aliphatic rings. The number of hydrogen-bond acceptors (Lipinski definition) is 3. The molecule has 76 valence electrons. The predicted octanol–water partition coefficient (Wildman–Crippen LogP) is 2.58. The SMILES string of the molecule is CCOCCC(=O)c1ccccc1S. The minimum absolute atomic E-state index is 0.0871. The fourth-order valence-electron chi connectivity index (χ4n) is 1.15. The highest BCUT2D eigenvalue weighted by molar-refractivity contribution is 7.80. The maximum absolute atomic E-state index is 11.6. The van der Waals surface area contributed by atoms with Crippen molar-refractivity contribution in [3.05, 3.63) is 29.8 Å². The minimum Gasteiger partial charge on any atom is -0.381 e. The van der Waals surface area contributed by atoms with E-state index in [-0.39, 0.29) is 5.78 Å². The molecule has 1 aromatic rings. The molecule has 2 nitrogen and oxygen atoms in total. The van der Waals surface area contributed by atoms with Gasteiger partial charge in [-0.25, -0.2) is 0 Å². The Morgan fingerprint density at radius 1 is 1.43 bits per heavy atom. The molecule has 0 fully saturated rings. The predicted molar refractivity (Wildman–Crippen MR) is 59.1 cm³/mol. The first-order chi connectivity index (χ1) is 6.75. The third-order valence-corrected chi connectivity index (χ3v) is 2.27. The molecule has 0 spiro atoms. The van der Waals surface area contributed by atoms with Crippen LogP contribution in [0.5, 0.6) is 0 Å². The van der Waals surface area contributed by atoms with Crippen molar-refractivity contribution in [3.63, 3.8) is 0 Å². The van der Waals surface area contributed by atoms with Crippen molar-refractivity contribution in [1.29, 1.82) is 0 Å². The van der Waals surface area contributed by atoms with Gasteiger partial charge < -0.3 is 4.74 Å². The highest BCUT2D eigenvalue weighted by atomic mass is 32.1. The Balaban J connectivity index is 2.56. The molecule has 1 rings (SSSR count). The molecule has 3 heteroatoms. The van der Waals surface area contributed by atoms with Gasteiger partial charge >= 0.3 is 0 Å². The summed E-state index contributed by atoms with van der Waals surface area (Å²) < 4.78 is 5.12. The van der Waals surface area contributed by atoms with E-state index in [1.165, 1.54) is 0 Å². The lowest BCUT2D eigenvalue weighted by atomic mass is 10.1. The van der Waals surface area contributed by atoms with Gasteiger partial charge in [0.05, 0.1) is 6.61 Å². The van der Waals surface area contributed by atoms with Gasteiger partial charge in [-0.1, -0.05) is 18.2 Å². The first kappa shape index (κ1) is 11.3. The lowest BCUT2D eigenvalue weighted by Gasteiger charge is -2.03. The van der Waals surface area contributed by atoms with Gasteiger partial charge in [0.2, 0.25) is 0 Å². The molecule has 0 unspecified atom stereocenters. The second-order valence-electron chi connectivity index (χ2n) is 2.89. The molecule has 0 saturated heterocycles. The highest BCUT2D eigenvalue weighted by Crippen LogP contribution is 2.14. The van der Waals surface area contributed by atoms with Crippen LogP contribution in [0.2, 0.25) is 0 Å². The molecule has 14 heavy (non-hydrogen) atoms. The van der Waals surface area contributed by atoms with Gasteiger partial charge in [-0.05, 0) is 13.0 Å². The normalized spacial score (nSPS) is 10.1. The molecule has 0 aliphatic carbocycles. The largest absolute Gasteiger partial charge is 0.381 e. The molecular weight excluding hydrogens is 196 g/mol. The van der Waals surface area contributed by atoms with Gasteiger partial charge in [0.1, 0.15) is 0 Å². The van der Waals surface area contributed by atoms with Crippen LogP contribution >= 0.6 is 12.6 Å². The summed E-state index contributed by atoms with van der Waals surface area (Å²) in [7, 11) is 0. The van der Waals surface area contributed by atoms with Crippen LogP contribution in [0.25, 0.3) is 0 Å². The monoisotopic (exact) mass is 210 g/mol. The quantitative estimate of drug-likeness (QED) is 0.459. The number of carbonyl (C=O) groups excluding carboxylic acids is 1. The highest BCUT2D eigenvalue weighted by Gasteiger charge is 2.07. The van der Waals surface area contributed by atoms with E-state index in [1.807, 2.05) is 25.1 Å². The van der Waals surface area contributed by atoms with Gasteiger partial charge in [0.15, 0.2) is 5.78 Å². The molecule has 0 heterocycles. The number of carbonyl (C=O) groups is 1. The molecule has 0 amide bonds. The molecule has 0 saturated carbocycles. The van der Waals surface area contributed by atoms with E-state index < -0.39 is 0 Å². The van der Waals surface area contributed by atoms with E-state index in [9.17, 15) is 4.79 Å². The molecular formula is C11H14O2S. The molecule has 1 aromatic carbocycles. The molecule has 0 aliphatic heterocycles. The average molecular weight is 210 g/mol. The van der Waals surface area contributed by atoms with E-state index in [1.54, 1.807) is 6.07 Å². The van der Waals surface area contributed by atoms with Gasteiger partial charge in [0, 0.05) is 23.5 Å². The Labute approximate surface area is 89.7 Å². The lowest BCUT2D eigenvalue weighted by molar-refractivity contribution is 0.0893. The van der Waals surface area contributed by atoms with Crippen molar-refractivity contribution in [2.45, 2.75) is 18.2 Å². The van der Waals surface area contributed by atoms with Crippen LogP contribution in [-0.2, 0) is 4.74 Å². The number of thiol groups is 1. The zero-order valence-electron chi connectivity index (χ0n) is 8.19. The van der Waals surface area contributed by atoms with Crippen LogP contribution in [0, 0.1) is 0 Å². The van der Waals surface area contributed by atoms with E-state index in [4.69, 9.17) is 4.74 Å². The summed E-state index contributed by atoms with van der Waals surface area (Å²) in [6.45, 7) is 3.05. The summed E-state index contributed by atoms with van der Waals surface area (Å²) in [6, 6.07) is 7.31. The molecule has 0 bridgehead atoms. The number of ketones is 1. The van der Waals surface area contributed by atoms with E-state index in [2.05, 4.69) is 12.6 Å². The van der Waals surface area contributed by atoms with Crippen LogP contribution in [0.15, 0.2) is 29.2 Å². The number of benzene rings is 1. The fourth-order valence-corrected chi connectivity index (χ4v) is 1.44. The van der Waals surface area contributed by atoms with Crippen molar-refractivity contribution in [3.8, 4) is 0 Å². The zero-order chi connectivity index (χ0) is 10.4. The molecule has 0 N–H and O–H groups in total. The molecule has 0 atom stereocenters. The number of Topliss-reactive ketones (excluding diaryl/α,β-unsaturated/α-hetero) is 1. The second-order valence-corrected chi connectivity index (χ2v) is 3.37. The van der Waals surface area contributed by atoms with Gasteiger partial charge in [0.25, 0.3) is 0 Å². The Morgan fingerprint density at radius 2 is 2.14 bits per heavy atom. The lowest BCUT2D eigenvalue weighted by Crippen LogP contribution is -2.05. The number of rotatable bonds is 5. The fraction of sp³-hybridized carbons (Fsp3) is 0.364. The van der Waals surface area contributed by atoms with Crippen molar-refractivity contribution in [2.75, 3.05) is 13.2 Å². The van der Waals surface area contributed by atoms with Gasteiger partial charge in [-0.3, -0.25) is 4.79 Å². The Kier molecular flexibility index (Phi) is 4.70. The average Bonchev–Trinajstić information content (AvgIpc) is 2.18. The summed E-state index contributed by atoms with van der Waals surface area (Å²) in [4.78, 5) is 12.3. The third kappa shape index (κ3) is 3.16. The summed E-state index contributed by atoms with van der Waals surface area (Å²) >= 11 is 4.22. The van der Waals surface area contributed by atoms with Crippen LogP contribution in [0.4, 0.5) is 0 Å². The van der Waals surface area contributed by atoms with Crippen LogP contribution in [0.1, 0.15) is 23.7 Å². The maximum Gasteiger partial charge on any atom is 0.166 e. The van der Waals surface area contributed by atoms with Crippen LogP contribution in [-0.4, -0.2) is 19.0 Å². The first-order valence-electron chi connectivity index (χ1n) is 4.64. The van der Waals surface area contributed by atoms with Crippen molar-refractivity contribution < 1.29 is 9.53 Å². The maximum atomic E-state index is 11.6. The van der Waals surface area contributed by atoms with Crippen LogP contribution < -0.4 is 0 Å². The summed E-state index contributed by atoms with van der Waals surface area (Å²) in [5.41, 5.74) is 0.676. The van der Waals surface area contributed by atoms with Crippen molar-refractivity contribution in [2.24, 2.45) is 0 Å². The third-order valence-electron chi connectivity index (χ3n) is 1.88. The smallest absolute Gasteiger partial charge is 0.166 e. The zero-order valence-corrected chi connectivity index (χ0v) is 9.09. The second kappa shape index (κ2) is 5.83. The topological polar surface area (TPSA) is 26.3 Å². The van der Waals surface area contributed by atoms with Crippen LogP contribution in [0.3, 0.4) is 0 Å². The Morgan fingerprint density at radius 3 is 2.79 bits per heavy atom. The van der Waals surface area contributed by atoms with Gasteiger partial charge in [-0.15, -0.1) is 12.6 Å². The summed E-state index contributed by atoms with van der Waals surface area (Å²) in [5.74, 6) is 0.0871. The first-order valence-corrected chi connectivity index (χ1v) is 5.09. The van der Waals surface area contributed by atoms with Gasteiger partial charge in [-0.2, -0.15) is 0 Å². The summed E-state index contributed by atoms with van der Waals surface area (Å²) in [6.07, 6.45) is 0.422. The van der Waals surface area contributed by atoms with Crippen molar-refractivity contribution >= 4 is 18.4 Å². The standard InChI is InChI=1S/C11H14O2S/c1-2-13-8-7-10(12)9-5-3-4-6-11(9)14/h3-6,14H,2,7-8H2,1H3. The molecule has 0 radical (unpaired) electrons. The minimum atomic E-state index is 0.0871. The van der Waals surface area contributed by atoms with E-state index >= 15 is 0 Å².